The van der Waals surface area contributed by atoms with Crippen molar-refractivity contribution in [1.82, 2.24) is 0 Å². The summed E-state index contributed by atoms with van der Waals surface area (Å²) in [4.78, 5) is 0. The second-order valence-electron chi connectivity index (χ2n) is 2.08. The van der Waals surface area contributed by atoms with Crippen LogP contribution in [0.2, 0.25) is 0 Å². The smallest absolute Gasteiger partial charge is 0.224 e. The lowest BCUT2D eigenvalue weighted by molar-refractivity contribution is 0.469. The summed E-state index contributed by atoms with van der Waals surface area (Å²) in [5.74, 6) is -0.257. The lowest BCUT2D eigenvalue weighted by Gasteiger charge is -2.02. The molecular formula is C8H8N2O2. The molecule has 12 heavy (non-hydrogen) atoms. The van der Waals surface area contributed by atoms with Crippen molar-refractivity contribution in [2.75, 3.05) is 0 Å². The standard InChI is InChI=1S/C8H8N2O2/c9-5-12-8(10)6-3-1-2-4-7(6)11/h1-5,9-11H. The SMILES string of the molecule is N=COC(=N)c1ccccc1O. The maximum absolute atomic E-state index is 9.21. The van der Waals surface area contributed by atoms with Gasteiger partial charge in [0.15, 0.2) is 6.40 Å². The third-order valence-electron chi connectivity index (χ3n) is 1.33. The zero-order valence-electron chi connectivity index (χ0n) is 6.24. The van der Waals surface area contributed by atoms with Gasteiger partial charge in [-0.15, -0.1) is 0 Å². The third-order valence-corrected chi connectivity index (χ3v) is 1.33. The number of benzene rings is 1. The number of hydrogen-bond acceptors (Lipinski definition) is 4. The van der Waals surface area contributed by atoms with Gasteiger partial charge in [0.1, 0.15) is 5.75 Å². The Morgan fingerprint density at radius 2 is 2.08 bits per heavy atom. The Balaban J connectivity index is 2.94. The Labute approximate surface area is 69.4 Å². The first-order valence-electron chi connectivity index (χ1n) is 3.28. The summed E-state index contributed by atoms with van der Waals surface area (Å²) < 4.78 is 4.47. The van der Waals surface area contributed by atoms with E-state index in [9.17, 15) is 5.11 Å². The summed E-state index contributed by atoms with van der Waals surface area (Å²) in [5.41, 5.74) is 0.279. The van der Waals surface area contributed by atoms with Crippen molar-refractivity contribution in [3.63, 3.8) is 0 Å². The average Bonchev–Trinajstić information content (AvgIpc) is 2.05. The van der Waals surface area contributed by atoms with Crippen LogP contribution in [0, 0.1) is 10.8 Å². The molecule has 0 fully saturated rings. The van der Waals surface area contributed by atoms with E-state index in [1.807, 2.05) is 0 Å². The lowest BCUT2D eigenvalue weighted by atomic mass is 10.2. The molecule has 0 saturated heterocycles. The van der Waals surface area contributed by atoms with Crippen LogP contribution in [-0.4, -0.2) is 17.4 Å². The first-order valence-corrected chi connectivity index (χ1v) is 3.28. The van der Waals surface area contributed by atoms with Gasteiger partial charge in [0.05, 0.1) is 5.56 Å². The van der Waals surface area contributed by atoms with Gasteiger partial charge in [0, 0.05) is 0 Å². The molecule has 0 aliphatic carbocycles. The van der Waals surface area contributed by atoms with Crippen molar-refractivity contribution in [1.29, 1.82) is 10.8 Å². The van der Waals surface area contributed by atoms with Gasteiger partial charge >= 0.3 is 0 Å². The average molecular weight is 164 g/mol. The van der Waals surface area contributed by atoms with E-state index in [2.05, 4.69) is 4.74 Å². The van der Waals surface area contributed by atoms with Crippen molar-refractivity contribution in [3.05, 3.63) is 29.8 Å². The van der Waals surface area contributed by atoms with E-state index in [1.165, 1.54) is 6.07 Å². The highest BCUT2D eigenvalue weighted by Crippen LogP contribution is 2.15. The fourth-order valence-corrected chi connectivity index (χ4v) is 0.788. The van der Waals surface area contributed by atoms with Crippen LogP contribution in [0.15, 0.2) is 24.3 Å². The Morgan fingerprint density at radius 1 is 1.42 bits per heavy atom. The summed E-state index contributed by atoms with van der Waals surface area (Å²) in [6.07, 6.45) is 0.648. The fourth-order valence-electron chi connectivity index (χ4n) is 0.788. The van der Waals surface area contributed by atoms with E-state index >= 15 is 0 Å². The molecule has 62 valence electrons. The van der Waals surface area contributed by atoms with E-state index in [0.29, 0.717) is 6.40 Å². The number of phenolic OH excluding ortho intramolecular Hbond substituents is 1. The van der Waals surface area contributed by atoms with E-state index in [1.54, 1.807) is 18.2 Å². The zero-order chi connectivity index (χ0) is 8.97. The highest BCUT2D eigenvalue weighted by atomic mass is 16.5. The number of hydrogen-bond donors (Lipinski definition) is 3. The molecule has 0 amide bonds. The van der Waals surface area contributed by atoms with E-state index < -0.39 is 0 Å². The normalized spacial score (nSPS) is 9.00. The van der Waals surface area contributed by atoms with Crippen molar-refractivity contribution in [2.45, 2.75) is 0 Å². The maximum Gasteiger partial charge on any atom is 0.224 e. The van der Waals surface area contributed by atoms with Crippen LogP contribution in [0.5, 0.6) is 5.75 Å². The second-order valence-corrected chi connectivity index (χ2v) is 2.08. The lowest BCUT2D eigenvalue weighted by Crippen LogP contribution is -2.02. The van der Waals surface area contributed by atoms with Gasteiger partial charge in [-0.05, 0) is 12.1 Å². The molecular weight excluding hydrogens is 156 g/mol. The van der Waals surface area contributed by atoms with Crippen LogP contribution in [0.25, 0.3) is 0 Å². The van der Waals surface area contributed by atoms with E-state index in [0.717, 1.165) is 0 Å². The number of ether oxygens (including phenoxy) is 1. The molecule has 1 rings (SSSR count). The molecule has 4 heteroatoms. The Bertz CT molecular complexity index is 310. The minimum atomic E-state index is -0.233. The largest absolute Gasteiger partial charge is 0.507 e. The quantitative estimate of drug-likeness (QED) is 0.455. The van der Waals surface area contributed by atoms with Gasteiger partial charge < -0.3 is 9.84 Å². The predicted octanol–water partition coefficient (Wildman–Crippen LogP) is 1.34. The molecule has 1 aromatic rings. The van der Waals surface area contributed by atoms with Gasteiger partial charge in [0.25, 0.3) is 0 Å². The molecule has 0 radical (unpaired) electrons. The van der Waals surface area contributed by atoms with E-state index in [-0.39, 0.29) is 17.2 Å². The molecule has 0 aliphatic rings. The van der Waals surface area contributed by atoms with Crippen molar-refractivity contribution in [2.24, 2.45) is 0 Å². The first-order chi connectivity index (χ1) is 5.75. The highest BCUT2D eigenvalue weighted by Gasteiger charge is 2.05. The van der Waals surface area contributed by atoms with Gasteiger partial charge in [-0.1, -0.05) is 12.1 Å². The monoisotopic (exact) mass is 164 g/mol. The number of nitrogens with one attached hydrogen (secondary N) is 2. The molecule has 4 nitrogen and oxygen atoms in total. The predicted molar refractivity (Wildman–Crippen MR) is 44.8 cm³/mol. The van der Waals surface area contributed by atoms with Gasteiger partial charge in [-0.3, -0.25) is 10.8 Å². The molecule has 0 bridgehead atoms. The summed E-state index contributed by atoms with van der Waals surface area (Å²) in [6.45, 7) is 0. The van der Waals surface area contributed by atoms with Gasteiger partial charge in [0.2, 0.25) is 5.90 Å². The number of para-hydroxylation sites is 1. The minimum Gasteiger partial charge on any atom is -0.507 e. The number of rotatable bonds is 2. The third kappa shape index (κ3) is 1.60. The molecule has 0 saturated carbocycles. The van der Waals surface area contributed by atoms with Gasteiger partial charge in [-0.25, -0.2) is 0 Å². The Kier molecular flexibility index (Phi) is 2.42. The summed E-state index contributed by atoms with van der Waals surface area (Å²) in [5, 5.41) is 23.0. The minimum absolute atomic E-state index is 0.0237. The molecule has 0 aliphatic heterocycles. The molecule has 1 aromatic carbocycles. The summed E-state index contributed by atoms with van der Waals surface area (Å²) in [7, 11) is 0. The highest BCUT2D eigenvalue weighted by molar-refractivity contribution is 5.97. The molecule has 0 heterocycles. The van der Waals surface area contributed by atoms with E-state index in [4.69, 9.17) is 10.8 Å². The van der Waals surface area contributed by atoms with Crippen molar-refractivity contribution >= 4 is 12.3 Å². The van der Waals surface area contributed by atoms with Crippen LogP contribution in [0.1, 0.15) is 5.56 Å². The first kappa shape index (κ1) is 8.26. The molecule has 0 unspecified atom stereocenters. The molecule has 3 N–H and O–H groups in total. The van der Waals surface area contributed by atoms with Crippen LogP contribution >= 0.6 is 0 Å². The molecule has 0 atom stereocenters. The summed E-state index contributed by atoms with van der Waals surface area (Å²) in [6, 6.07) is 6.33. The van der Waals surface area contributed by atoms with Crippen LogP contribution < -0.4 is 0 Å². The van der Waals surface area contributed by atoms with Crippen molar-refractivity contribution < 1.29 is 9.84 Å². The topological polar surface area (TPSA) is 77.2 Å². The second kappa shape index (κ2) is 3.52. The summed E-state index contributed by atoms with van der Waals surface area (Å²) >= 11 is 0. The van der Waals surface area contributed by atoms with Crippen LogP contribution in [-0.2, 0) is 4.74 Å². The number of aromatic hydroxyl groups is 1. The van der Waals surface area contributed by atoms with Crippen molar-refractivity contribution in [3.8, 4) is 5.75 Å². The molecule has 0 aromatic heterocycles. The fraction of sp³-hybridized carbons (Fsp3) is 0. The zero-order valence-corrected chi connectivity index (χ0v) is 6.24. The van der Waals surface area contributed by atoms with Crippen LogP contribution in [0.3, 0.4) is 0 Å². The number of phenols is 1. The molecule has 0 spiro atoms. The van der Waals surface area contributed by atoms with Gasteiger partial charge in [-0.2, -0.15) is 0 Å². The Hall–Kier alpha value is -1.84. The Morgan fingerprint density at radius 3 is 2.67 bits per heavy atom. The van der Waals surface area contributed by atoms with Crippen LogP contribution in [0.4, 0.5) is 0 Å². The maximum atomic E-state index is 9.21.